The van der Waals surface area contributed by atoms with Crippen molar-refractivity contribution in [3.8, 4) is 0 Å². The van der Waals surface area contributed by atoms with Crippen molar-refractivity contribution in [1.82, 2.24) is 14.5 Å². The number of halogens is 1. The van der Waals surface area contributed by atoms with Crippen LogP contribution in [0.15, 0.2) is 18.2 Å². The molecule has 96 valence electrons. The van der Waals surface area contributed by atoms with Crippen molar-refractivity contribution >= 4 is 34.9 Å². The fourth-order valence-electron chi connectivity index (χ4n) is 2.75. The number of fused-ring (bicyclic) bond motifs is 1. The van der Waals surface area contributed by atoms with Crippen LogP contribution in [0.1, 0.15) is 12.8 Å². The van der Waals surface area contributed by atoms with Gasteiger partial charge in [-0.05, 0) is 50.8 Å². The van der Waals surface area contributed by atoms with E-state index in [9.17, 15) is 0 Å². The Hall–Kier alpha value is -0.840. The molecule has 5 heteroatoms. The van der Waals surface area contributed by atoms with E-state index in [0.29, 0.717) is 6.04 Å². The van der Waals surface area contributed by atoms with Gasteiger partial charge in [0.1, 0.15) is 0 Å². The largest absolute Gasteiger partial charge is 0.329 e. The van der Waals surface area contributed by atoms with Crippen molar-refractivity contribution in [2.24, 2.45) is 0 Å². The van der Waals surface area contributed by atoms with Crippen LogP contribution >= 0.6 is 23.8 Å². The van der Waals surface area contributed by atoms with Gasteiger partial charge in [-0.25, -0.2) is 0 Å². The Kier molecular flexibility index (Phi) is 3.18. The molecule has 1 aromatic carbocycles. The van der Waals surface area contributed by atoms with E-state index in [1.165, 1.54) is 19.4 Å². The second-order valence-corrected chi connectivity index (χ2v) is 5.75. The number of benzene rings is 1. The molecule has 0 aliphatic carbocycles. The summed E-state index contributed by atoms with van der Waals surface area (Å²) in [7, 11) is 2.18. The minimum absolute atomic E-state index is 0.578. The van der Waals surface area contributed by atoms with Gasteiger partial charge in [0, 0.05) is 12.6 Å². The number of imidazole rings is 1. The number of para-hydroxylation sites is 1. The number of likely N-dealkylation sites (N-methyl/N-ethyl adjacent to an activating group) is 1. The third kappa shape index (κ3) is 1.98. The zero-order chi connectivity index (χ0) is 12.7. The van der Waals surface area contributed by atoms with Gasteiger partial charge in [-0.1, -0.05) is 17.7 Å². The SMILES string of the molecule is CN1CCCC1Cn1c(=S)[nH]c2c(Cl)cccc21. The maximum Gasteiger partial charge on any atom is 0.178 e. The number of aromatic amines is 1. The Balaban J connectivity index is 2.04. The standard InChI is InChI=1S/C13H16ClN3S/c1-16-7-3-4-9(16)8-17-11-6-2-5-10(14)12(11)15-13(17)18/h2,5-6,9H,3-4,7-8H2,1H3,(H,15,18). The van der Waals surface area contributed by atoms with Gasteiger partial charge in [0.2, 0.25) is 0 Å². The molecule has 1 N–H and O–H groups in total. The first-order valence-electron chi connectivity index (χ1n) is 6.24. The van der Waals surface area contributed by atoms with Crippen LogP contribution in [-0.4, -0.2) is 34.1 Å². The highest BCUT2D eigenvalue weighted by molar-refractivity contribution is 7.71. The van der Waals surface area contributed by atoms with E-state index in [1.54, 1.807) is 0 Å². The van der Waals surface area contributed by atoms with Crippen LogP contribution in [-0.2, 0) is 6.54 Å². The lowest BCUT2D eigenvalue weighted by molar-refractivity contribution is 0.283. The summed E-state index contributed by atoms with van der Waals surface area (Å²) in [5.74, 6) is 0. The van der Waals surface area contributed by atoms with Crippen LogP contribution in [0.5, 0.6) is 0 Å². The Morgan fingerprint density at radius 2 is 2.33 bits per heavy atom. The zero-order valence-electron chi connectivity index (χ0n) is 10.3. The summed E-state index contributed by atoms with van der Waals surface area (Å²) in [5.41, 5.74) is 2.05. The maximum atomic E-state index is 6.19. The van der Waals surface area contributed by atoms with Gasteiger partial charge in [-0.15, -0.1) is 0 Å². The number of nitrogens with one attached hydrogen (secondary N) is 1. The van der Waals surface area contributed by atoms with E-state index >= 15 is 0 Å². The first-order valence-corrected chi connectivity index (χ1v) is 7.02. The Labute approximate surface area is 116 Å². The Morgan fingerprint density at radius 1 is 1.50 bits per heavy atom. The summed E-state index contributed by atoms with van der Waals surface area (Å²) < 4.78 is 2.93. The van der Waals surface area contributed by atoms with Crippen molar-refractivity contribution in [3.05, 3.63) is 28.0 Å². The minimum Gasteiger partial charge on any atom is -0.329 e. The van der Waals surface area contributed by atoms with E-state index in [4.69, 9.17) is 23.8 Å². The van der Waals surface area contributed by atoms with Crippen molar-refractivity contribution in [3.63, 3.8) is 0 Å². The summed E-state index contributed by atoms with van der Waals surface area (Å²) in [6.07, 6.45) is 2.52. The molecule has 1 aliphatic rings. The molecular weight excluding hydrogens is 266 g/mol. The molecule has 0 spiro atoms. The van der Waals surface area contributed by atoms with Gasteiger partial charge in [0.15, 0.2) is 4.77 Å². The van der Waals surface area contributed by atoms with Crippen LogP contribution in [0, 0.1) is 4.77 Å². The number of likely N-dealkylation sites (tertiary alicyclic amines) is 1. The molecule has 0 radical (unpaired) electrons. The summed E-state index contributed by atoms with van der Waals surface area (Å²) in [5, 5.41) is 0.733. The fraction of sp³-hybridized carbons (Fsp3) is 0.462. The summed E-state index contributed by atoms with van der Waals surface area (Å²) >= 11 is 11.6. The summed E-state index contributed by atoms with van der Waals surface area (Å²) in [6, 6.07) is 6.51. The van der Waals surface area contributed by atoms with Gasteiger partial charge in [0.05, 0.1) is 16.1 Å². The number of nitrogens with zero attached hydrogens (tertiary/aromatic N) is 2. The molecule has 1 aromatic heterocycles. The molecule has 0 amide bonds. The number of hydrogen-bond acceptors (Lipinski definition) is 2. The van der Waals surface area contributed by atoms with E-state index in [-0.39, 0.29) is 0 Å². The maximum absolute atomic E-state index is 6.19. The van der Waals surface area contributed by atoms with Gasteiger partial charge in [0.25, 0.3) is 0 Å². The molecule has 2 aromatic rings. The van der Waals surface area contributed by atoms with Crippen LogP contribution in [0.2, 0.25) is 5.02 Å². The van der Waals surface area contributed by atoms with Gasteiger partial charge in [-0.3, -0.25) is 0 Å². The zero-order valence-corrected chi connectivity index (χ0v) is 11.9. The monoisotopic (exact) mass is 281 g/mol. The lowest BCUT2D eigenvalue weighted by Crippen LogP contribution is -2.29. The molecule has 1 unspecified atom stereocenters. The Bertz CT molecular complexity index is 631. The van der Waals surface area contributed by atoms with E-state index < -0.39 is 0 Å². The number of hydrogen-bond donors (Lipinski definition) is 1. The molecule has 1 atom stereocenters. The molecule has 1 saturated heterocycles. The molecule has 3 rings (SSSR count). The lowest BCUT2D eigenvalue weighted by atomic mass is 10.2. The van der Waals surface area contributed by atoms with Gasteiger partial charge < -0.3 is 14.5 Å². The highest BCUT2D eigenvalue weighted by Crippen LogP contribution is 2.24. The molecule has 0 saturated carbocycles. The van der Waals surface area contributed by atoms with Crippen LogP contribution in [0.4, 0.5) is 0 Å². The predicted octanol–water partition coefficient (Wildman–Crippen LogP) is 3.45. The normalized spacial score (nSPS) is 20.9. The van der Waals surface area contributed by atoms with E-state index in [2.05, 4.69) is 27.6 Å². The van der Waals surface area contributed by atoms with Crippen molar-refractivity contribution in [1.29, 1.82) is 0 Å². The number of rotatable bonds is 2. The van der Waals surface area contributed by atoms with Gasteiger partial charge >= 0.3 is 0 Å². The molecule has 0 bridgehead atoms. The topological polar surface area (TPSA) is 24.0 Å². The van der Waals surface area contributed by atoms with Crippen molar-refractivity contribution in [2.75, 3.05) is 13.6 Å². The summed E-state index contributed by atoms with van der Waals surface area (Å²) in [6.45, 7) is 2.12. The lowest BCUT2D eigenvalue weighted by Gasteiger charge is -2.20. The van der Waals surface area contributed by atoms with Crippen molar-refractivity contribution < 1.29 is 0 Å². The molecule has 3 nitrogen and oxygen atoms in total. The second-order valence-electron chi connectivity index (χ2n) is 4.95. The average molecular weight is 282 g/mol. The minimum atomic E-state index is 0.578. The average Bonchev–Trinajstić information content (AvgIpc) is 2.87. The van der Waals surface area contributed by atoms with Gasteiger partial charge in [-0.2, -0.15) is 0 Å². The number of aromatic nitrogens is 2. The van der Waals surface area contributed by atoms with E-state index in [1.807, 2.05) is 12.1 Å². The van der Waals surface area contributed by atoms with Crippen LogP contribution in [0.3, 0.4) is 0 Å². The molecule has 1 aliphatic heterocycles. The highest BCUT2D eigenvalue weighted by Gasteiger charge is 2.22. The van der Waals surface area contributed by atoms with Crippen LogP contribution < -0.4 is 0 Å². The highest BCUT2D eigenvalue weighted by atomic mass is 35.5. The molecule has 1 fully saturated rings. The number of H-pyrrole nitrogens is 1. The molecular formula is C13H16ClN3S. The molecule has 18 heavy (non-hydrogen) atoms. The van der Waals surface area contributed by atoms with E-state index in [0.717, 1.165) is 27.4 Å². The summed E-state index contributed by atoms with van der Waals surface area (Å²) in [4.78, 5) is 5.62. The fourth-order valence-corrected chi connectivity index (χ4v) is 3.24. The van der Waals surface area contributed by atoms with Crippen molar-refractivity contribution in [2.45, 2.75) is 25.4 Å². The molecule has 2 heterocycles. The van der Waals surface area contributed by atoms with Crippen LogP contribution in [0.25, 0.3) is 11.0 Å². The first kappa shape index (κ1) is 12.2. The third-order valence-electron chi connectivity index (χ3n) is 3.82. The third-order valence-corrected chi connectivity index (χ3v) is 4.46. The first-order chi connectivity index (χ1) is 8.66. The smallest absolute Gasteiger partial charge is 0.178 e. The second kappa shape index (κ2) is 4.68. The predicted molar refractivity (Wildman–Crippen MR) is 77.8 cm³/mol. The Morgan fingerprint density at radius 3 is 3.06 bits per heavy atom. The quantitative estimate of drug-likeness (QED) is 0.853.